The van der Waals surface area contributed by atoms with Crippen LogP contribution in [0.2, 0.25) is 0 Å². The minimum atomic E-state index is -4.90. The van der Waals surface area contributed by atoms with Crippen molar-refractivity contribution in [3.8, 4) is 0 Å². The van der Waals surface area contributed by atoms with Crippen molar-refractivity contribution in [2.45, 2.75) is 12.4 Å². The molecule has 1 aromatic carbocycles. The number of aromatic nitrogens is 2. The molecule has 2 aromatic rings. The van der Waals surface area contributed by atoms with Gasteiger partial charge >= 0.3 is 12.4 Å². The first-order valence-corrected chi connectivity index (χ1v) is 4.24. The predicted octanol–water partition coefficient (Wildman–Crippen LogP) is 3.40. The van der Waals surface area contributed by atoms with Gasteiger partial charge in [0.15, 0.2) is 6.33 Å². The number of hydrogen-bond acceptors (Lipinski definition) is 1. The Morgan fingerprint density at radius 2 is 1.65 bits per heavy atom. The largest absolute Gasteiger partial charge is 0.418 e. The SMILES string of the molecule is FC(F)(F)c1cc(C(F)(F)F)c2n[c][nH]c2c1. The molecule has 0 fully saturated rings. The Morgan fingerprint density at radius 3 is 2.18 bits per heavy atom. The lowest BCUT2D eigenvalue weighted by molar-refractivity contribution is -0.142. The van der Waals surface area contributed by atoms with Gasteiger partial charge in [-0.15, -0.1) is 0 Å². The van der Waals surface area contributed by atoms with Gasteiger partial charge < -0.3 is 4.98 Å². The van der Waals surface area contributed by atoms with Gasteiger partial charge in [-0.3, -0.25) is 0 Å². The zero-order valence-corrected chi connectivity index (χ0v) is 7.87. The molecule has 1 N–H and O–H groups in total. The molecule has 1 aromatic heterocycles. The molecule has 1 heterocycles. The van der Waals surface area contributed by atoms with Crippen molar-refractivity contribution in [2.24, 2.45) is 0 Å². The fourth-order valence-corrected chi connectivity index (χ4v) is 1.37. The molecule has 0 bridgehead atoms. The molecule has 8 heteroatoms. The van der Waals surface area contributed by atoms with Gasteiger partial charge in [-0.05, 0) is 12.1 Å². The highest BCUT2D eigenvalue weighted by Gasteiger charge is 2.38. The molecule has 0 aliphatic rings. The van der Waals surface area contributed by atoms with E-state index in [1.807, 2.05) is 6.33 Å². The van der Waals surface area contributed by atoms with Crippen molar-refractivity contribution in [1.29, 1.82) is 0 Å². The van der Waals surface area contributed by atoms with Crippen molar-refractivity contribution in [3.63, 3.8) is 0 Å². The lowest BCUT2D eigenvalue weighted by Gasteiger charge is -2.11. The van der Waals surface area contributed by atoms with E-state index >= 15 is 0 Å². The molecule has 0 atom stereocenters. The van der Waals surface area contributed by atoms with E-state index in [9.17, 15) is 26.3 Å². The molecule has 0 spiro atoms. The van der Waals surface area contributed by atoms with Crippen molar-refractivity contribution < 1.29 is 26.3 Å². The van der Waals surface area contributed by atoms with E-state index in [2.05, 4.69) is 9.97 Å². The minimum Gasteiger partial charge on any atom is -0.335 e. The Kier molecular flexibility index (Phi) is 2.33. The van der Waals surface area contributed by atoms with Gasteiger partial charge in [0.2, 0.25) is 0 Å². The van der Waals surface area contributed by atoms with Gasteiger partial charge in [-0.1, -0.05) is 0 Å². The van der Waals surface area contributed by atoms with Gasteiger partial charge in [-0.25, -0.2) is 4.98 Å². The van der Waals surface area contributed by atoms with Crippen LogP contribution in [0.5, 0.6) is 0 Å². The van der Waals surface area contributed by atoms with E-state index in [0.29, 0.717) is 6.07 Å². The van der Waals surface area contributed by atoms with Crippen LogP contribution in [0.25, 0.3) is 11.0 Å². The molecule has 91 valence electrons. The van der Waals surface area contributed by atoms with E-state index < -0.39 is 29.0 Å². The zero-order chi connectivity index (χ0) is 12.8. The highest BCUT2D eigenvalue weighted by atomic mass is 19.4. The van der Waals surface area contributed by atoms with Gasteiger partial charge in [-0.2, -0.15) is 26.3 Å². The first-order chi connectivity index (χ1) is 7.69. The monoisotopic (exact) mass is 253 g/mol. The molecule has 0 saturated heterocycles. The van der Waals surface area contributed by atoms with Crippen molar-refractivity contribution >= 4 is 11.0 Å². The van der Waals surface area contributed by atoms with Crippen LogP contribution in [0.3, 0.4) is 0 Å². The van der Waals surface area contributed by atoms with E-state index in [-0.39, 0.29) is 11.6 Å². The number of rotatable bonds is 0. The first kappa shape index (κ1) is 11.7. The molecule has 0 unspecified atom stereocenters. The summed E-state index contributed by atoms with van der Waals surface area (Å²) < 4.78 is 74.7. The van der Waals surface area contributed by atoms with Crippen LogP contribution in [0.15, 0.2) is 12.1 Å². The normalized spacial score (nSPS) is 13.3. The zero-order valence-electron chi connectivity index (χ0n) is 7.87. The number of fused-ring (bicyclic) bond motifs is 1. The number of hydrogen-bond donors (Lipinski definition) is 1. The fourth-order valence-electron chi connectivity index (χ4n) is 1.37. The topological polar surface area (TPSA) is 28.7 Å². The van der Waals surface area contributed by atoms with Crippen LogP contribution in [0, 0.1) is 6.33 Å². The summed E-state index contributed by atoms with van der Waals surface area (Å²) >= 11 is 0. The second-order valence-corrected chi connectivity index (χ2v) is 3.26. The Labute approximate surface area is 90.3 Å². The maximum Gasteiger partial charge on any atom is 0.418 e. The predicted molar refractivity (Wildman–Crippen MR) is 44.9 cm³/mol. The number of halogens is 6. The molecule has 0 aliphatic heterocycles. The molecule has 0 saturated carbocycles. The summed E-state index contributed by atoms with van der Waals surface area (Å²) in [5.74, 6) is 0. The van der Waals surface area contributed by atoms with Gasteiger partial charge in [0.05, 0.1) is 16.6 Å². The van der Waals surface area contributed by atoms with E-state index in [0.717, 1.165) is 0 Å². The van der Waals surface area contributed by atoms with Gasteiger partial charge in [0.25, 0.3) is 0 Å². The number of benzene rings is 1. The lowest BCUT2D eigenvalue weighted by atomic mass is 10.1. The third kappa shape index (κ3) is 2.06. The maximum absolute atomic E-state index is 12.5. The summed E-state index contributed by atoms with van der Waals surface area (Å²) in [6, 6.07) is 0.602. The molecule has 2 nitrogen and oxygen atoms in total. The summed E-state index contributed by atoms with van der Waals surface area (Å²) in [7, 11) is 0. The Hall–Kier alpha value is -1.73. The molecule has 1 radical (unpaired) electrons. The lowest BCUT2D eigenvalue weighted by Crippen LogP contribution is -2.11. The Balaban J connectivity index is 2.76. The Morgan fingerprint density at radius 1 is 1.00 bits per heavy atom. The van der Waals surface area contributed by atoms with E-state index in [1.54, 1.807) is 0 Å². The number of aromatic amines is 1. The third-order valence-corrected chi connectivity index (χ3v) is 2.10. The van der Waals surface area contributed by atoms with Crippen LogP contribution < -0.4 is 0 Å². The van der Waals surface area contributed by atoms with Crippen LogP contribution >= 0.6 is 0 Å². The van der Waals surface area contributed by atoms with Crippen LogP contribution in [0.1, 0.15) is 11.1 Å². The van der Waals surface area contributed by atoms with Gasteiger partial charge in [0, 0.05) is 0 Å². The summed E-state index contributed by atoms with van der Waals surface area (Å²) in [6.07, 6.45) is -7.76. The number of H-pyrrole nitrogens is 1. The number of imidazole rings is 1. The molecule has 0 aliphatic carbocycles. The Bertz CT molecular complexity index is 551. The summed E-state index contributed by atoms with van der Waals surface area (Å²) in [5.41, 5.74) is -3.74. The van der Waals surface area contributed by atoms with Crippen LogP contribution in [-0.4, -0.2) is 9.97 Å². The van der Waals surface area contributed by atoms with Crippen molar-refractivity contribution in [2.75, 3.05) is 0 Å². The summed E-state index contributed by atoms with van der Waals surface area (Å²) in [4.78, 5) is 5.35. The average molecular weight is 253 g/mol. The first-order valence-electron chi connectivity index (χ1n) is 4.24. The quantitative estimate of drug-likeness (QED) is 0.716. The molecular formula is C9H3F6N2. The molecule has 2 rings (SSSR count). The maximum atomic E-state index is 12.5. The number of nitrogens with zero attached hydrogens (tertiary/aromatic N) is 1. The standard InChI is InChI=1S/C9H3F6N2/c10-8(11,12)4-1-5(9(13,14)15)7-6(2-4)16-3-17-7/h1-2H,(H,16,17). The highest BCUT2D eigenvalue weighted by Crippen LogP contribution is 2.38. The molecular weight excluding hydrogens is 250 g/mol. The highest BCUT2D eigenvalue weighted by molar-refractivity contribution is 5.79. The smallest absolute Gasteiger partial charge is 0.335 e. The molecule has 0 amide bonds. The van der Waals surface area contributed by atoms with E-state index in [1.165, 1.54) is 0 Å². The second-order valence-electron chi connectivity index (χ2n) is 3.26. The van der Waals surface area contributed by atoms with Crippen molar-refractivity contribution in [1.82, 2.24) is 9.97 Å². The average Bonchev–Trinajstić information content (AvgIpc) is 2.59. The summed E-state index contributed by atoms with van der Waals surface area (Å²) in [5, 5.41) is 0. The summed E-state index contributed by atoms with van der Waals surface area (Å²) in [6.45, 7) is 0. The van der Waals surface area contributed by atoms with Gasteiger partial charge in [0.1, 0.15) is 5.52 Å². The molecule has 17 heavy (non-hydrogen) atoms. The van der Waals surface area contributed by atoms with E-state index in [4.69, 9.17) is 0 Å². The van der Waals surface area contributed by atoms with Crippen LogP contribution in [-0.2, 0) is 12.4 Å². The fraction of sp³-hybridized carbons (Fsp3) is 0.222. The van der Waals surface area contributed by atoms with Crippen LogP contribution in [0.4, 0.5) is 26.3 Å². The second kappa shape index (κ2) is 3.38. The van der Waals surface area contributed by atoms with Crippen molar-refractivity contribution in [3.05, 3.63) is 29.6 Å². The number of nitrogens with one attached hydrogen (secondary N) is 1. The number of alkyl halides is 6. The minimum absolute atomic E-state index is 0.0387. The third-order valence-electron chi connectivity index (χ3n) is 2.10.